The summed E-state index contributed by atoms with van der Waals surface area (Å²) in [7, 11) is 1.60. The van der Waals surface area contributed by atoms with Gasteiger partial charge in [0.15, 0.2) is 0 Å². The van der Waals surface area contributed by atoms with Gasteiger partial charge in [-0.05, 0) is 48.5 Å². The van der Waals surface area contributed by atoms with E-state index in [9.17, 15) is 13.2 Å². The summed E-state index contributed by atoms with van der Waals surface area (Å²) in [6.07, 6.45) is -2.88. The molecule has 0 aliphatic heterocycles. The zero-order chi connectivity index (χ0) is 17.9. The number of ether oxygens (including phenoxy) is 1. The standard InChI is InChI=1S/C18H15F3N2O2/c1-24-16-8-6-14(7-9-16)22-10-15-11-25-17(23-15)12-2-4-13(5-3-12)18(19,20)21/h2-9,11,22H,10H2,1H3. The molecule has 0 radical (unpaired) electrons. The maximum Gasteiger partial charge on any atom is 0.416 e. The molecule has 3 aromatic rings. The van der Waals surface area contributed by atoms with Crippen LogP contribution in [0.2, 0.25) is 0 Å². The maximum absolute atomic E-state index is 12.6. The average Bonchev–Trinajstić information content (AvgIpc) is 3.09. The molecule has 2 aromatic carbocycles. The monoisotopic (exact) mass is 348 g/mol. The van der Waals surface area contributed by atoms with Gasteiger partial charge in [-0.3, -0.25) is 0 Å². The number of nitrogens with one attached hydrogen (secondary N) is 1. The molecule has 0 saturated heterocycles. The summed E-state index contributed by atoms with van der Waals surface area (Å²) in [5.41, 5.74) is 1.32. The van der Waals surface area contributed by atoms with Gasteiger partial charge in [0.25, 0.3) is 0 Å². The Balaban J connectivity index is 1.65. The second-order valence-corrected chi connectivity index (χ2v) is 5.30. The molecule has 1 aromatic heterocycles. The molecule has 0 amide bonds. The third kappa shape index (κ3) is 4.12. The van der Waals surface area contributed by atoms with Crippen LogP contribution in [0.3, 0.4) is 0 Å². The van der Waals surface area contributed by atoms with Crippen molar-refractivity contribution >= 4 is 5.69 Å². The first kappa shape index (κ1) is 16.9. The Morgan fingerprint density at radius 2 is 1.72 bits per heavy atom. The van der Waals surface area contributed by atoms with E-state index in [1.165, 1.54) is 18.4 Å². The second kappa shape index (κ2) is 6.88. The quantitative estimate of drug-likeness (QED) is 0.706. The maximum atomic E-state index is 12.6. The summed E-state index contributed by atoms with van der Waals surface area (Å²) >= 11 is 0. The number of oxazole rings is 1. The highest BCUT2D eigenvalue weighted by Crippen LogP contribution is 2.30. The van der Waals surface area contributed by atoms with Crippen molar-refractivity contribution in [1.29, 1.82) is 0 Å². The minimum absolute atomic E-state index is 0.278. The van der Waals surface area contributed by atoms with Crippen molar-refractivity contribution in [2.75, 3.05) is 12.4 Å². The van der Waals surface area contributed by atoms with E-state index in [1.54, 1.807) is 7.11 Å². The van der Waals surface area contributed by atoms with Crippen LogP contribution >= 0.6 is 0 Å². The zero-order valence-corrected chi connectivity index (χ0v) is 13.3. The van der Waals surface area contributed by atoms with Crippen LogP contribution in [0.4, 0.5) is 18.9 Å². The van der Waals surface area contributed by atoms with E-state index < -0.39 is 11.7 Å². The third-order valence-electron chi connectivity index (χ3n) is 3.57. The number of methoxy groups -OCH3 is 1. The fourth-order valence-electron chi connectivity index (χ4n) is 2.22. The molecule has 3 rings (SSSR count). The molecule has 0 atom stereocenters. The molecular weight excluding hydrogens is 333 g/mol. The molecule has 0 unspecified atom stereocenters. The molecule has 0 saturated carbocycles. The largest absolute Gasteiger partial charge is 0.497 e. The molecule has 1 heterocycles. The summed E-state index contributed by atoms with van der Waals surface area (Å²) in [5.74, 6) is 1.04. The number of benzene rings is 2. The van der Waals surface area contributed by atoms with Crippen LogP contribution in [0.15, 0.2) is 59.2 Å². The minimum atomic E-state index is -4.36. The van der Waals surface area contributed by atoms with Crippen molar-refractivity contribution in [2.24, 2.45) is 0 Å². The molecule has 130 valence electrons. The minimum Gasteiger partial charge on any atom is -0.497 e. The topological polar surface area (TPSA) is 47.3 Å². The van der Waals surface area contributed by atoms with E-state index in [-0.39, 0.29) is 5.89 Å². The fraction of sp³-hybridized carbons (Fsp3) is 0.167. The SMILES string of the molecule is COc1ccc(NCc2coc(-c3ccc(C(F)(F)F)cc3)n2)cc1. The smallest absolute Gasteiger partial charge is 0.416 e. The van der Waals surface area contributed by atoms with Crippen molar-refractivity contribution in [2.45, 2.75) is 12.7 Å². The van der Waals surface area contributed by atoms with E-state index in [2.05, 4.69) is 10.3 Å². The van der Waals surface area contributed by atoms with Crippen LogP contribution in [-0.2, 0) is 12.7 Å². The molecule has 0 spiro atoms. The van der Waals surface area contributed by atoms with Gasteiger partial charge in [-0.15, -0.1) is 0 Å². The summed E-state index contributed by atoms with van der Waals surface area (Å²) in [4.78, 5) is 4.29. The first-order valence-electron chi connectivity index (χ1n) is 7.45. The van der Waals surface area contributed by atoms with Crippen molar-refractivity contribution < 1.29 is 22.3 Å². The van der Waals surface area contributed by atoms with Gasteiger partial charge in [-0.25, -0.2) is 4.98 Å². The number of aromatic nitrogens is 1. The van der Waals surface area contributed by atoms with Gasteiger partial charge in [-0.1, -0.05) is 0 Å². The fourth-order valence-corrected chi connectivity index (χ4v) is 2.22. The molecule has 0 aliphatic carbocycles. The van der Waals surface area contributed by atoms with Crippen LogP contribution in [0.5, 0.6) is 5.75 Å². The van der Waals surface area contributed by atoms with Crippen LogP contribution in [0, 0.1) is 0 Å². The van der Waals surface area contributed by atoms with E-state index in [0.29, 0.717) is 17.8 Å². The van der Waals surface area contributed by atoms with Gasteiger partial charge >= 0.3 is 6.18 Å². The Morgan fingerprint density at radius 3 is 2.32 bits per heavy atom. The lowest BCUT2D eigenvalue weighted by Gasteiger charge is -2.06. The number of nitrogens with zero attached hydrogens (tertiary/aromatic N) is 1. The third-order valence-corrected chi connectivity index (χ3v) is 3.57. The Bertz CT molecular complexity index is 825. The Labute approximate surface area is 142 Å². The molecule has 0 bridgehead atoms. The van der Waals surface area contributed by atoms with Crippen molar-refractivity contribution in [3.8, 4) is 17.2 Å². The highest BCUT2D eigenvalue weighted by atomic mass is 19.4. The first-order valence-corrected chi connectivity index (χ1v) is 7.45. The van der Waals surface area contributed by atoms with Crippen LogP contribution in [0.25, 0.3) is 11.5 Å². The number of hydrogen-bond donors (Lipinski definition) is 1. The van der Waals surface area contributed by atoms with Gasteiger partial charge in [-0.2, -0.15) is 13.2 Å². The van der Waals surface area contributed by atoms with Crippen molar-refractivity contribution in [3.63, 3.8) is 0 Å². The summed E-state index contributed by atoms with van der Waals surface area (Å²) < 4.78 is 48.2. The summed E-state index contributed by atoms with van der Waals surface area (Å²) in [6, 6.07) is 12.1. The predicted octanol–water partition coefficient (Wildman–Crippen LogP) is 4.98. The summed E-state index contributed by atoms with van der Waals surface area (Å²) in [6.45, 7) is 0.427. The molecule has 1 N–H and O–H groups in total. The summed E-state index contributed by atoms with van der Waals surface area (Å²) in [5, 5.41) is 3.18. The second-order valence-electron chi connectivity index (χ2n) is 5.30. The van der Waals surface area contributed by atoms with Gasteiger partial charge in [0.1, 0.15) is 12.0 Å². The number of halogens is 3. The van der Waals surface area contributed by atoms with Gasteiger partial charge < -0.3 is 14.5 Å². The highest BCUT2D eigenvalue weighted by Gasteiger charge is 2.30. The number of rotatable bonds is 5. The first-order chi connectivity index (χ1) is 12.0. The van der Waals surface area contributed by atoms with Crippen LogP contribution in [0.1, 0.15) is 11.3 Å². The van der Waals surface area contributed by atoms with Gasteiger partial charge in [0, 0.05) is 11.3 Å². The molecule has 25 heavy (non-hydrogen) atoms. The molecule has 7 heteroatoms. The average molecular weight is 348 g/mol. The number of alkyl halides is 3. The zero-order valence-electron chi connectivity index (χ0n) is 13.3. The Morgan fingerprint density at radius 1 is 1.04 bits per heavy atom. The Kier molecular flexibility index (Phi) is 4.65. The van der Waals surface area contributed by atoms with Crippen molar-refractivity contribution in [1.82, 2.24) is 4.98 Å². The predicted molar refractivity (Wildman–Crippen MR) is 87.3 cm³/mol. The van der Waals surface area contributed by atoms with Crippen LogP contribution < -0.4 is 10.1 Å². The molecular formula is C18H15F3N2O2. The van der Waals surface area contributed by atoms with Gasteiger partial charge in [0.05, 0.1) is 24.9 Å². The lowest BCUT2D eigenvalue weighted by Crippen LogP contribution is -2.04. The Hall–Kier alpha value is -2.96. The van der Waals surface area contributed by atoms with E-state index in [1.807, 2.05) is 24.3 Å². The van der Waals surface area contributed by atoms with E-state index >= 15 is 0 Å². The molecule has 0 fully saturated rings. The van der Waals surface area contributed by atoms with Gasteiger partial charge in [0.2, 0.25) is 5.89 Å². The van der Waals surface area contributed by atoms with E-state index in [4.69, 9.17) is 9.15 Å². The normalized spacial score (nSPS) is 11.4. The molecule has 0 aliphatic rings. The highest BCUT2D eigenvalue weighted by molar-refractivity contribution is 5.54. The molecule has 4 nitrogen and oxygen atoms in total. The van der Waals surface area contributed by atoms with Crippen molar-refractivity contribution in [3.05, 3.63) is 66.1 Å². The number of hydrogen-bond acceptors (Lipinski definition) is 4. The lowest BCUT2D eigenvalue weighted by atomic mass is 10.1. The lowest BCUT2D eigenvalue weighted by molar-refractivity contribution is -0.137. The van der Waals surface area contributed by atoms with Crippen LogP contribution in [-0.4, -0.2) is 12.1 Å². The van der Waals surface area contributed by atoms with E-state index in [0.717, 1.165) is 23.6 Å². The number of anilines is 1.